The van der Waals surface area contributed by atoms with Crippen LogP contribution in [0.3, 0.4) is 0 Å². The van der Waals surface area contributed by atoms with Crippen LogP contribution >= 0.6 is 27.3 Å². The summed E-state index contributed by atoms with van der Waals surface area (Å²) in [5.74, 6) is 1.34. The maximum absolute atomic E-state index is 11.3. The van der Waals surface area contributed by atoms with Crippen molar-refractivity contribution in [1.82, 2.24) is 4.98 Å². The number of rotatable bonds is 3. The second kappa shape index (κ2) is 6.43. The number of ether oxygens (including phenoxy) is 2. The Balaban J connectivity index is 1.90. The molecule has 1 aromatic heterocycles. The summed E-state index contributed by atoms with van der Waals surface area (Å²) in [5, 5.41) is 3.01. The zero-order chi connectivity index (χ0) is 16.4. The van der Waals surface area contributed by atoms with Crippen LogP contribution in [0.2, 0.25) is 0 Å². The molecule has 23 heavy (non-hydrogen) atoms. The molecule has 0 aliphatic heterocycles. The number of fused-ring (bicyclic) bond motifs is 1. The van der Waals surface area contributed by atoms with Gasteiger partial charge in [0.05, 0.1) is 17.3 Å². The first kappa shape index (κ1) is 15.6. The van der Waals surface area contributed by atoms with E-state index in [0.717, 1.165) is 14.7 Å². The van der Waals surface area contributed by atoms with Crippen molar-refractivity contribution in [3.63, 3.8) is 0 Å². The number of anilines is 2. The lowest BCUT2D eigenvalue weighted by molar-refractivity contribution is 0.187. The van der Waals surface area contributed by atoms with Crippen LogP contribution in [0.4, 0.5) is 15.6 Å². The number of nitrogen functional groups attached to an aromatic ring is 1. The third-order valence-electron chi connectivity index (χ3n) is 2.93. The first-order valence-corrected chi connectivity index (χ1v) is 8.14. The summed E-state index contributed by atoms with van der Waals surface area (Å²) in [6.45, 7) is 0. The summed E-state index contributed by atoms with van der Waals surface area (Å²) in [5.41, 5.74) is 7.08. The molecule has 1 heterocycles. The molecule has 0 aliphatic rings. The van der Waals surface area contributed by atoms with E-state index in [9.17, 15) is 4.79 Å². The van der Waals surface area contributed by atoms with E-state index in [1.165, 1.54) is 18.4 Å². The van der Waals surface area contributed by atoms with Crippen molar-refractivity contribution in [3.8, 4) is 11.5 Å². The van der Waals surface area contributed by atoms with Gasteiger partial charge in [-0.15, -0.1) is 0 Å². The Bertz CT molecular complexity index is 864. The summed E-state index contributed by atoms with van der Waals surface area (Å²) < 4.78 is 12.0. The molecule has 0 atom stereocenters. The van der Waals surface area contributed by atoms with Crippen LogP contribution in [0.5, 0.6) is 11.5 Å². The van der Waals surface area contributed by atoms with Gasteiger partial charge in [-0.1, -0.05) is 11.3 Å². The molecule has 118 valence electrons. The fraction of sp³-hybridized carbons (Fsp3) is 0.0667. The first-order valence-electron chi connectivity index (χ1n) is 6.53. The maximum Gasteiger partial charge on any atom is 0.413 e. The first-order chi connectivity index (χ1) is 11.0. The molecule has 0 saturated heterocycles. The number of benzene rings is 2. The average Bonchev–Trinajstić information content (AvgIpc) is 2.92. The smallest absolute Gasteiger partial charge is 0.413 e. The highest BCUT2D eigenvalue weighted by molar-refractivity contribution is 9.10. The third-order valence-corrected chi connectivity index (χ3v) is 4.45. The highest BCUT2D eigenvalue weighted by atomic mass is 79.9. The number of carbonyl (C=O) groups excluding carboxylic acids is 1. The normalized spacial score (nSPS) is 10.5. The van der Waals surface area contributed by atoms with E-state index < -0.39 is 6.09 Å². The minimum absolute atomic E-state index is 0.456. The molecule has 3 aromatic rings. The molecular formula is C15H12BrN3O3S. The summed E-state index contributed by atoms with van der Waals surface area (Å²) >= 11 is 4.80. The van der Waals surface area contributed by atoms with Crippen molar-refractivity contribution in [2.75, 3.05) is 18.2 Å². The number of nitrogens with two attached hydrogens (primary N) is 1. The Labute approximate surface area is 144 Å². The average molecular weight is 394 g/mol. The van der Waals surface area contributed by atoms with Crippen molar-refractivity contribution in [3.05, 3.63) is 40.9 Å². The van der Waals surface area contributed by atoms with Crippen molar-refractivity contribution in [1.29, 1.82) is 0 Å². The fourth-order valence-electron chi connectivity index (χ4n) is 1.89. The molecule has 8 heteroatoms. The largest absolute Gasteiger partial charge is 0.457 e. The second-order valence-electron chi connectivity index (χ2n) is 4.56. The van der Waals surface area contributed by atoms with E-state index in [1.54, 1.807) is 24.3 Å². The van der Waals surface area contributed by atoms with Crippen LogP contribution in [-0.2, 0) is 4.74 Å². The zero-order valence-electron chi connectivity index (χ0n) is 12.0. The lowest BCUT2D eigenvalue weighted by Gasteiger charge is -2.06. The SMILES string of the molecule is COC(=O)Nc1nc2c(Br)cc(Oc3ccc(N)cc3)cc2s1. The Hall–Kier alpha value is -2.32. The van der Waals surface area contributed by atoms with Crippen molar-refractivity contribution < 1.29 is 14.3 Å². The van der Waals surface area contributed by atoms with E-state index >= 15 is 0 Å². The Morgan fingerprint density at radius 3 is 2.70 bits per heavy atom. The fourth-order valence-corrected chi connectivity index (χ4v) is 3.45. The maximum atomic E-state index is 11.3. The molecule has 0 aliphatic carbocycles. The molecular weight excluding hydrogens is 382 g/mol. The number of aromatic nitrogens is 1. The Morgan fingerprint density at radius 1 is 1.26 bits per heavy atom. The summed E-state index contributed by atoms with van der Waals surface area (Å²) in [6.07, 6.45) is -0.557. The molecule has 6 nitrogen and oxygen atoms in total. The molecule has 0 bridgehead atoms. The predicted octanol–water partition coefficient (Wildman–Crippen LogP) is 4.61. The molecule has 3 rings (SSSR count). The van der Waals surface area contributed by atoms with Crippen LogP contribution in [0.15, 0.2) is 40.9 Å². The van der Waals surface area contributed by atoms with Gasteiger partial charge in [0, 0.05) is 16.2 Å². The predicted molar refractivity (Wildman–Crippen MR) is 94.3 cm³/mol. The van der Waals surface area contributed by atoms with Crippen LogP contribution in [0.1, 0.15) is 0 Å². The van der Waals surface area contributed by atoms with Crippen LogP contribution in [0.25, 0.3) is 10.2 Å². The summed E-state index contributed by atoms with van der Waals surface area (Å²) in [6, 6.07) is 10.8. The number of amides is 1. The summed E-state index contributed by atoms with van der Waals surface area (Å²) in [7, 11) is 1.30. The van der Waals surface area contributed by atoms with Gasteiger partial charge in [-0.05, 0) is 46.3 Å². The van der Waals surface area contributed by atoms with Crippen molar-refractivity contribution in [2.45, 2.75) is 0 Å². The van der Waals surface area contributed by atoms with Gasteiger partial charge in [-0.2, -0.15) is 0 Å². The number of nitrogens with one attached hydrogen (secondary N) is 1. The molecule has 0 unspecified atom stereocenters. The van der Waals surface area contributed by atoms with Gasteiger partial charge in [0.25, 0.3) is 0 Å². The molecule has 3 N–H and O–H groups in total. The quantitative estimate of drug-likeness (QED) is 0.634. The Morgan fingerprint density at radius 2 is 2.00 bits per heavy atom. The number of hydrogen-bond donors (Lipinski definition) is 2. The second-order valence-corrected chi connectivity index (χ2v) is 6.44. The van der Waals surface area contributed by atoms with Gasteiger partial charge in [-0.25, -0.2) is 9.78 Å². The highest BCUT2D eigenvalue weighted by Gasteiger charge is 2.12. The molecule has 2 aromatic carbocycles. The molecule has 1 amide bonds. The van der Waals surface area contributed by atoms with E-state index in [1.807, 2.05) is 12.1 Å². The molecule has 0 spiro atoms. The lowest BCUT2D eigenvalue weighted by atomic mass is 10.3. The number of methoxy groups -OCH3 is 1. The number of thiazole rings is 1. The number of halogens is 1. The summed E-state index contributed by atoms with van der Waals surface area (Å²) in [4.78, 5) is 15.6. The minimum atomic E-state index is -0.557. The highest BCUT2D eigenvalue weighted by Crippen LogP contribution is 2.36. The van der Waals surface area contributed by atoms with E-state index in [0.29, 0.717) is 22.3 Å². The van der Waals surface area contributed by atoms with Gasteiger partial charge in [0.1, 0.15) is 11.5 Å². The van der Waals surface area contributed by atoms with Gasteiger partial charge < -0.3 is 15.2 Å². The number of carbonyl (C=O) groups is 1. The van der Waals surface area contributed by atoms with Gasteiger partial charge in [0.2, 0.25) is 0 Å². The van der Waals surface area contributed by atoms with E-state index in [-0.39, 0.29) is 0 Å². The van der Waals surface area contributed by atoms with Crippen molar-refractivity contribution in [2.24, 2.45) is 0 Å². The van der Waals surface area contributed by atoms with Crippen LogP contribution < -0.4 is 15.8 Å². The minimum Gasteiger partial charge on any atom is -0.457 e. The van der Waals surface area contributed by atoms with E-state index in [2.05, 4.69) is 31.0 Å². The van der Waals surface area contributed by atoms with Crippen LogP contribution in [-0.4, -0.2) is 18.2 Å². The van der Waals surface area contributed by atoms with E-state index in [4.69, 9.17) is 10.5 Å². The Kier molecular flexibility index (Phi) is 4.35. The molecule has 0 saturated carbocycles. The standard InChI is InChI=1S/C15H12BrN3O3S/c1-21-15(20)19-14-18-13-11(16)6-10(7-12(13)23-14)22-9-4-2-8(17)3-5-9/h2-7H,17H2,1H3,(H,18,19,20). The van der Waals surface area contributed by atoms with Crippen LogP contribution in [0, 0.1) is 0 Å². The third kappa shape index (κ3) is 3.54. The monoisotopic (exact) mass is 393 g/mol. The van der Waals surface area contributed by atoms with Gasteiger partial charge in [0.15, 0.2) is 5.13 Å². The zero-order valence-corrected chi connectivity index (χ0v) is 14.4. The lowest BCUT2D eigenvalue weighted by Crippen LogP contribution is -2.10. The number of hydrogen-bond acceptors (Lipinski definition) is 6. The van der Waals surface area contributed by atoms with Crippen molar-refractivity contribution >= 4 is 54.4 Å². The molecule has 0 fully saturated rings. The van der Waals surface area contributed by atoms with Gasteiger partial charge >= 0.3 is 6.09 Å². The number of nitrogens with zero attached hydrogens (tertiary/aromatic N) is 1. The van der Waals surface area contributed by atoms with Gasteiger partial charge in [-0.3, -0.25) is 5.32 Å². The topological polar surface area (TPSA) is 86.5 Å². The molecule has 0 radical (unpaired) electrons.